The molecule has 3 atom stereocenters. The van der Waals surface area contributed by atoms with Crippen LogP contribution in [0, 0.1) is 11.8 Å². The first-order chi connectivity index (χ1) is 13.2. The van der Waals surface area contributed by atoms with E-state index in [4.69, 9.17) is 9.47 Å². The van der Waals surface area contributed by atoms with Gasteiger partial charge in [-0.3, -0.25) is 4.79 Å². The van der Waals surface area contributed by atoms with Crippen LogP contribution in [-0.2, 0) is 9.53 Å². The third-order valence-electron chi connectivity index (χ3n) is 4.74. The van der Waals surface area contributed by atoms with Crippen molar-refractivity contribution in [2.75, 3.05) is 7.11 Å². The highest BCUT2D eigenvalue weighted by Crippen LogP contribution is 2.27. The maximum Gasteiger partial charge on any atom is 0.328 e. The van der Waals surface area contributed by atoms with Gasteiger partial charge in [-0.1, -0.05) is 40.0 Å². The lowest BCUT2D eigenvalue weighted by atomic mass is 9.91. The van der Waals surface area contributed by atoms with Crippen molar-refractivity contribution in [3.8, 4) is 11.5 Å². The van der Waals surface area contributed by atoms with E-state index in [1.807, 2.05) is 6.92 Å². The van der Waals surface area contributed by atoms with Gasteiger partial charge in [0.1, 0.15) is 6.04 Å². The monoisotopic (exact) mass is 394 g/mol. The molecular formula is C21H34N2O5. The first kappa shape index (κ1) is 23.7. The Bertz CT molecular complexity index is 648. The van der Waals surface area contributed by atoms with E-state index in [2.05, 4.69) is 31.1 Å². The molecule has 158 valence electrons. The van der Waals surface area contributed by atoms with Crippen molar-refractivity contribution in [1.82, 2.24) is 10.3 Å². The number of aromatic hydroxyl groups is 1. The lowest BCUT2D eigenvalue weighted by Crippen LogP contribution is -2.41. The molecule has 0 aliphatic rings. The highest BCUT2D eigenvalue weighted by Gasteiger charge is 2.24. The second-order valence-electron chi connectivity index (χ2n) is 7.63. The molecule has 7 nitrogen and oxygen atoms in total. The summed E-state index contributed by atoms with van der Waals surface area (Å²) in [6.45, 7) is 9.97. The number of esters is 1. The zero-order chi connectivity index (χ0) is 21.3. The number of ether oxygens (including phenoxy) is 2. The molecule has 0 spiro atoms. The molecule has 1 heterocycles. The van der Waals surface area contributed by atoms with Gasteiger partial charge < -0.3 is 19.9 Å². The average Bonchev–Trinajstić information content (AvgIpc) is 2.64. The molecule has 1 aromatic rings. The van der Waals surface area contributed by atoms with Crippen molar-refractivity contribution in [3.63, 3.8) is 0 Å². The lowest BCUT2D eigenvalue weighted by molar-refractivity contribution is -0.150. The summed E-state index contributed by atoms with van der Waals surface area (Å²) >= 11 is 0. The Hall–Kier alpha value is -2.31. The van der Waals surface area contributed by atoms with E-state index >= 15 is 0 Å². The Balaban J connectivity index is 2.59. The van der Waals surface area contributed by atoms with Gasteiger partial charge in [0.25, 0.3) is 5.91 Å². The van der Waals surface area contributed by atoms with Crippen molar-refractivity contribution in [1.29, 1.82) is 0 Å². The van der Waals surface area contributed by atoms with Crippen molar-refractivity contribution in [2.24, 2.45) is 11.8 Å². The van der Waals surface area contributed by atoms with Crippen molar-refractivity contribution in [3.05, 3.63) is 18.0 Å². The molecule has 0 radical (unpaired) electrons. The Morgan fingerprint density at radius 1 is 1.21 bits per heavy atom. The number of methoxy groups -OCH3 is 1. The molecule has 0 aliphatic carbocycles. The van der Waals surface area contributed by atoms with E-state index in [1.165, 1.54) is 19.4 Å². The van der Waals surface area contributed by atoms with E-state index in [0.717, 1.165) is 25.7 Å². The maximum absolute atomic E-state index is 12.3. The number of nitrogens with zero attached hydrogens (tertiary/aromatic N) is 1. The van der Waals surface area contributed by atoms with Gasteiger partial charge in [0.2, 0.25) is 0 Å². The molecule has 0 aromatic carbocycles. The van der Waals surface area contributed by atoms with Gasteiger partial charge in [0.05, 0.1) is 13.2 Å². The molecule has 1 rings (SSSR count). The number of nitrogens with one attached hydrogen (secondary N) is 1. The molecule has 1 aromatic heterocycles. The number of aromatic nitrogens is 1. The predicted molar refractivity (Wildman–Crippen MR) is 107 cm³/mol. The predicted octanol–water partition coefficient (Wildman–Crippen LogP) is 3.70. The van der Waals surface area contributed by atoms with Crippen LogP contribution >= 0.6 is 0 Å². The van der Waals surface area contributed by atoms with Crippen LogP contribution in [0.15, 0.2) is 12.3 Å². The molecule has 0 saturated heterocycles. The minimum atomic E-state index is -0.863. The molecule has 28 heavy (non-hydrogen) atoms. The van der Waals surface area contributed by atoms with Crippen LogP contribution < -0.4 is 10.1 Å². The summed E-state index contributed by atoms with van der Waals surface area (Å²) in [5.74, 6) is -0.251. The summed E-state index contributed by atoms with van der Waals surface area (Å²) in [6.07, 6.45) is 5.23. The molecule has 0 unspecified atom stereocenters. The van der Waals surface area contributed by atoms with Gasteiger partial charge in [-0.15, -0.1) is 0 Å². The molecule has 0 saturated carbocycles. The first-order valence-electron chi connectivity index (χ1n) is 9.92. The van der Waals surface area contributed by atoms with Crippen LogP contribution in [0.5, 0.6) is 11.5 Å². The average molecular weight is 395 g/mol. The number of pyridine rings is 1. The summed E-state index contributed by atoms with van der Waals surface area (Å²) in [7, 11) is 1.38. The molecule has 7 heteroatoms. The molecule has 0 aliphatic heterocycles. The second-order valence-corrected chi connectivity index (χ2v) is 7.63. The van der Waals surface area contributed by atoms with Gasteiger partial charge in [-0.25, -0.2) is 9.78 Å². The maximum atomic E-state index is 12.3. The number of carbonyl (C=O) groups is 2. The van der Waals surface area contributed by atoms with E-state index < -0.39 is 17.9 Å². The molecular weight excluding hydrogens is 360 g/mol. The Morgan fingerprint density at radius 3 is 2.46 bits per heavy atom. The van der Waals surface area contributed by atoms with Gasteiger partial charge in [-0.2, -0.15) is 0 Å². The van der Waals surface area contributed by atoms with Gasteiger partial charge in [-0.05, 0) is 32.1 Å². The standard InChI is InChI=1S/C21H34N2O5/c1-7-16(9-8-13(2)3)12-14(4)28-21(26)15(5)23-20(25)18-19(24)17(27-6)10-11-22-18/h10-11,13-16,24H,7-9,12H2,1-6H3,(H,23,25)/t14-,15-,16+/m0/s1. The van der Waals surface area contributed by atoms with Crippen LogP contribution in [0.1, 0.15) is 70.8 Å². The van der Waals surface area contributed by atoms with Crippen LogP contribution in [0.2, 0.25) is 0 Å². The third-order valence-corrected chi connectivity index (χ3v) is 4.74. The van der Waals surface area contributed by atoms with Crippen molar-refractivity contribution >= 4 is 11.9 Å². The SMILES string of the molecule is CC[C@H](CCC(C)C)C[C@H](C)OC(=O)[C@H](C)NC(=O)c1nccc(OC)c1O. The summed E-state index contributed by atoms with van der Waals surface area (Å²) in [5.41, 5.74) is -0.202. The van der Waals surface area contributed by atoms with Gasteiger partial charge >= 0.3 is 5.97 Å². The first-order valence-corrected chi connectivity index (χ1v) is 9.92. The molecule has 0 bridgehead atoms. The number of rotatable bonds is 11. The highest BCUT2D eigenvalue weighted by molar-refractivity contribution is 5.97. The smallest absolute Gasteiger partial charge is 0.328 e. The molecule has 0 fully saturated rings. The summed E-state index contributed by atoms with van der Waals surface area (Å²) in [6, 6.07) is 0.577. The van der Waals surface area contributed by atoms with E-state index in [1.54, 1.807) is 6.92 Å². The van der Waals surface area contributed by atoms with Gasteiger partial charge in [0, 0.05) is 12.3 Å². The third kappa shape index (κ3) is 7.37. The number of amides is 1. The van der Waals surface area contributed by atoms with E-state index in [9.17, 15) is 14.7 Å². The van der Waals surface area contributed by atoms with Gasteiger partial charge in [0.15, 0.2) is 17.2 Å². The van der Waals surface area contributed by atoms with Crippen molar-refractivity contribution in [2.45, 2.75) is 72.4 Å². The topological polar surface area (TPSA) is 97.8 Å². The minimum absolute atomic E-state index is 0.135. The zero-order valence-corrected chi connectivity index (χ0v) is 17.8. The van der Waals surface area contributed by atoms with E-state index in [0.29, 0.717) is 11.8 Å². The van der Waals surface area contributed by atoms with E-state index in [-0.39, 0.29) is 23.3 Å². The molecule has 2 N–H and O–H groups in total. The van der Waals surface area contributed by atoms with Crippen LogP contribution in [-0.4, -0.2) is 41.2 Å². The fourth-order valence-corrected chi connectivity index (χ4v) is 2.97. The van der Waals surface area contributed by atoms with Crippen LogP contribution in [0.3, 0.4) is 0 Å². The number of hydrogen-bond donors (Lipinski definition) is 2. The summed E-state index contributed by atoms with van der Waals surface area (Å²) in [5, 5.41) is 12.5. The Kier molecular flexibility index (Phi) is 9.76. The Morgan fingerprint density at radius 2 is 1.89 bits per heavy atom. The molecule has 1 amide bonds. The second kappa shape index (κ2) is 11.5. The van der Waals surface area contributed by atoms with Crippen molar-refractivity contribution < 1.29 is 24.2 Å². The minimum Gasteiger partial charge on any atom is -0.503 e. The fraction of sp³-hybridized carbons (Fsp3) is 0.667. The number of carbonyl (C=O) groups excluding carboxylic acids is 2. The fourth-order valence-electron chi connectivity index (χ4n) is 2.97. The highest BCUT2D eigenvalue weighted by atomic mass is 16.5. The summed E-state index contributed by atoms with van der Waals surface area (Å²) in [4.78, 5) is 28.5. The van der Waals surface area contributed by atoms with Crippen LogP contribution in [0.25, 0.3) is 0 Å². The largest absolute Gasteiger partial charge is 0.503 e. The zero-order valence-electron chi connectivity index (χ0n) is 17.8. The quantitative estimate of drug-likeness (QED) is 0.556. The Labute approximate surface area is 167 Å². The van der Waals surface area contributed by atoms with Crippen LogP contribution in [0.4, 0.5) is 0 Å². The normalized spacial score (nSPS) is 14.2. The lowest BCUT2D eigenvalue weighted by Gasteiger charge is -2.22. The summed E-state index contributed by atoms with van der Waals surface area (Å²) < 4.78 is 10.5. The number of hydrogen-bond acceptors (Lipinski definition) is 6.